The van der Waals surface area contributed by atoms with Crippen LogP contribution in [0.4, 0.5) is 5.69 Å². The molecule has 2 N–H and O–H groups in total. The summed E-state index contributed by atoms with van der Waals surface area (Å²) in [5.74, 6) is 0. The Hall–Kier alpha value is -1.02. The van der Waals surface area contributed by atoms with E-state index >= 15 is 0 Å². The molecule has 1 saturated carbocycles. The Morgan fingerprint density at radius 2 is 1.82 bits per heavy atom. The Morgan fingerprint density at radius 3 is 2.41 bits per heavy atom. The number of rotatable bonds is 5. The summed E-state index contributed by atoms with van der Waals surface area (Å²) in [6.07, 6.45) is 6.53. The number of nitrogens with one attached hydrogen (secondary N) is 1. The summed E-state index contributed by atoms with van der Waals surface area (Å²) in [4.78, 5) is 0. The van der Waals surface area contributed by atoms with Gasteiger partial charge in [0.15, 0.2) is 0 Å². The highest BCUT2D eigenvalue weighted by Crippen LogP contribution is 2.29. The van der Waals surface area contributed by atoms with Gasteiger partial charge in [-0.3, -0.25) is 0 Å². The van der Waals surface area contributed by atoms with Crippen LogP contribution in [-0.4, -0.2) is 17.3 Å². The molecule has 0 heterocycles. The highest BCUT2D eigenvalue weighted by Gasteiger charge is 2.30. The fourth-order valence-corrected chi connectivity index (χ4v) is 2.55. The minimum atomic E-state index is -0.470. The number of hydrogen-bond acceptors (Lipinski definition) is 2. The molecule has 1 aromatic carbocycles. The maximum absolute atomic E-state index is 10.2. The van der Waals surface area contributed by atoms with E-state index in [-0.39, 0.29) is 0 Å². The second-order valence-electron chi connectivity index (χ2n) is 5.23. The van der Waals surface area contributed by atoms with Crippen molar-refractivity contribution in [3.05, 3.63) is 29.8 Å². The quantitative estimate of drug-likeness (QED) is 0.817. The van der Waals surface area contributed by atoms with Gasteiger partial charge < -0.3 is 10.4 Å². The lowest BCUT2D eigenvalue weighted by molar-refractivity contribution is 0.0615. The molecule has 0 bridgehead atoms. The van der Waals surface area contributed by atoms with Crippen LogP contribution < -0.4 is 5.32 Å². The summed E-state index contributed by atoms with van der Waals surface area (Å²) < 4.78 is 0. The zero-order chi connectivity index (χ0) is 12.1. The van der Waals surface area contributed by atoms with Crippen LogP contribution in [0.5, 0.6) is 0 Å². The standard InChI is InChI=1S/C15H23NO/c1-2-5-13-6-8-14(9-7-13)16-12-15(17)10-3-4-11-15/h6-9,16-17H,2-5,10-12H2,1H3. The maximum Gasteiger partial charge on any atom is 0.0819 e. The molecule has 0 atom stereocenters. The topological polar surface area (TPSA) is 32.3 Å². The van der Waals surface area contributed by atoms with E-state index in [1.807, 2.05) is 0 Å². The summed E-state index contributed by atoms with van der Waals surface area (Å²) >= 11 is 0. The van der Waals surface area contributed by atoms with Crippen LogP contribution in [0.15, 0.2) is 24.3 Å². The number of aryl methyl sites for hydroxylation is 1. The molecule has 1 aliphatic rings. The van der Waals surface area contributed by atoms with E-state index in [0.717, 1.165) is 37.8 Å². The van der Waals surface area contributed by atoms with Gasteiger partial charge in [0, 0.05) is 12.2 Å². The van der Waals surface area contributed by atoms with E-state index < -0.39 is 5.60 Å². The highest BCUT2D eigenvalue weighted by atomic mass is 16.3. The van der Waals surface area contributed by atoms with Crippen LogP contribution in [0.25, 0.3) is 0 Å². The second-order valence-corrected chi connectivity index (χ2v) is 5.23. The van der Waals surface area contributed by atoms with Gasteiger partial charge in [0.2, 0.25) is 0 Å². The van der Waals surface area contributed by atoms with Crippen LogP contribution in [0.1, 0.15) is 44.6 Å². The Morgan fingerprint density at radius 1 is 1.18 bits per heavy atom. The monoisotopic (exact) mass is 233 g/mol. The molecule has 0 spiro atoms. The summed E-state index contributed by atoms with van der Waals surface area (Å²) in [6, 6.07) is 8.57. The summed E-state index contributed by atoms with van der Waals surface area (Å²) in [6.45, 7) is 2.88. The predicted octanol–water partition coefficient (Wildman–Crippen LogP) is 3.36. The number of benzene rings is 1. The lowest BCUT2D eigenvalue weighted by Crippen LogP contribution is -2.33. The van der Waals surface area contributed by atoms with Gasteiger partial charge in [0.05, 0.1) is 5.60 Å². The molecule has 0 unspecified atom stereocenters. The largest absolute Gasteiger partial charge is 0.388 e. The molecular formula is C15H23NO. The van der Waals surface area contributed by atoms with Crippen LogP contribution in [0, 0.1) is 0 Å². The van der Waals surface area contributed by atoms with E-state index in [2.05, 4.69) is 36.5 Å². The minimum absolute atomic E-state index is 0.470. The third-order valence-corrected chi connectivity index (χ3v) is 3.65. The predicted molar refractivity (Wildman–Crippen MR) is 72.3 cm³/mol. The zero-order valence-corrected chi connectivity index (χ0v) is 10.7. The molecule has 0 aromatic heterocycles. The number of hydrogen-bond donors (Lipinski definition) is 2. The lowest BCUT2D eigenvalue weighted by Gasteiger charge is -2.23. The van der Waals surface area contributed by atoms with Crippen LogP contribution >= 0.6 is 0 Å². The average molecular weight is 233 g/mol. The smallest absolute Gasteiger partial charge is 0.0819 e. The van der Waals surface area contributed by atoms with Crippen molar-refractivity contribution in [2.45, 2.75) is 51.0 Å². The number of aliphatic hydroxyl groups is 1. The lowest BCUT2D eigenvalue weighted by atomic mass is 10.0. The van der Waals surface area contributed by atoms with Crippen molar-refractivity contribution in [2.75, 3.05) is 11.9 Å². The van der Waals surface area contributed by atoms with Crippen LogP contribution in [0.2, 0.25) is 0 Å². The van der Waals surface area contributed by atoms with Gasteiger partial charge in [-0.25, -0.2) is 0 Å². The van der Waals surface area contributed by atoms with Crippen LogP contribution in [-0.2, 0) is 6.42 Å². The molecule has 2 rings (SSSR count). The van der Waals surface area contributed by atoms with Gasteiger partial charge in [-0.1, -0.05) is 38.3 Å². The van der Waals surface area contributed by atoms with E-state index in [4.69, 9.17) is 0 Å². The molecule has 17 heavy (non-hydrogen) atoms. The molecule has 0 radical (unpaired) electrons. The molecule has 2 heteroatoms. The van der Waals surface area contributed by atoms with E-state index in [9.17, 15) is 5.11 Å². The zero-order valence-electron chi connectivity index (χ0n) is 10.7. The number of anilines is 1. The minimum Gasteiger partial charge on any atom is -0.388 e. The normalized spacial score (nSPS) is 18.2. The van der Waals surface area contributed by atoms with E-state index in [1.165, 1.54) is 12.0 Å². The Labute approximate surface area is 104 Å². The first-order chi connectivity index (χ1) is 8.22. The fourth-order valence-electron chi connectivity index (χ4n) is 2.55. The van der Waals surface area contributed by atoms with Crippen molar-refractivity contribution in [1.29, 1.82) is 0 Å². The van der Waals surface area contributed by atoms with Gasteiger partial charge in [0.25, 0.3) is 0 Å². The molecule has 0 amide bonds. The van der Waals surface area contributed by atoms with Gasteiger partial charge >= 0.3 is 0 Å². The summed E-state index contributed by atoms with van der Waals surface area (Å²) in [5, 5.41) is 13.6. The summed E-state index contributed by atoms with van der Waals surface area (Å²) in [7, 11) is 0. The summed E-state index contributed by atoms with van der Waals surface area (Å²) in [5.41, 5.74) is 2.03. The first-order valence-corrected chi connectivity index (χ1v) is 6.77. The highest BCUT2D eigenvalue weighted by molar-refractivity contribution is 5.45. The first-order valence-electron chi connectivity index (χ1n) is 6.77. The average Bonchev–Trinajstić information content (AvgIpc) is 2.76. The SMILES string of the molecule is CCCc1ccc(NCC2(O)CCCC2)cc1. The molecule has 2 nitrogen and oxygen atoms in total. The van der Waals surface area contributed by atoms with Crippen molar-refractivity contribution in [1.82, 2.24) is 0 Å². The van der Waals surface area contributed by atoms with Gasteiger partial charge in [-0.15, -0.1) is 0 Å². The van der Waals surface area contributed by atoms with E-state index in [0.29, 0.717) is 6.54 Å². The molecule has 1 fully saturated rings. The Bertz CT molecular complexity index is 338. The molecule has 1 aliphatic carbocycles. The van der Waals surface area contributed by atoms with Crippen molar-refractivity contribution in [3.63, 3.8) is 0 Å². The Kier molecular flexibility index (Phi) is 4.06. The third-order valence-electron chi connectivity index (χ3n) is 3.65. The van der Waals surface area contributed by atoms with Gasteiger partial charge in [0.1, 0.15) is 0 Å². The molecule has 0 aliphatic heterocycles. The first kappa shape index (κ1) is 12.4. The molecule has 0 saturated heterocycles. The molecular weight excluding hydrogens is 210 g/mol. The maximum atomic E-state index is 10.2. The van der Waals surface area contributed by atoms with Crippen molar-refractivity contribution >= 4 is 5.69 Å². The van der Waals surface area contributed by atoms with E-state index in [1.54, 1.807) is 0 Å². The Balaban J connectivity index is 1.86. The van der Waals surface area contributed by atoms with Gasteiger partial charge in [-0.05, 0) is 37.0 Å². The second kappa shape index (κ2) is 5.54. The van der Waals surface area contributed by atoms with Crippen molar-refractivity contribution in [3.8, 4) is 0 Å². The van der Waals surface area contributed by atoms with Gasteiger partial charge in [-0.2, -0.15) is 0 Å². The fraction of sp³-hybridized carbons (Fsp3) is 0.600. The van der Waals surface area contributed by atoms with Crippen molar-refractivity contribution in [2.24, 2.45) is 0 Å². The van der Waals surface area contributed by atoms with Crippen molar-refractivity contribution < 1.29 is 5.11 Å². The third kappa shape index (κ3) is 3.47. The van der Waals surface area contributed by atoms with Crippen LogP contribution in [0.3, 0.4) is 0 Å². The molecule has 1 aromatic rings. The molecule has 94 valence electrons.